The molecule has 0 aromatic heterocycles. The van der Waals surface area contributed by atoms with E-state index >= 15 is 0 Å². The van der Waals surface area contributed by atoms with Crippen LogP contribution in [0.15, 0.2) is 22.7 Å². The highest BCUT2D eigenvalue weighted by Crippen LogP contribution is 2.29. The van der Waals surface area contributed by atoms with Crippen LogP contribution < -0.4 is 4.90 Å². The van der Waals surface area contributed by atoms with Gasteiger partial charge in [-0.1, -0.05) is 29.8 Å². The van der Waals surface area contributed by atoms with Crippen molar-refractivity contribution in [3.05, 3.63) is 28.2 Å². The third-order valence-corrected chi connectivity index (χ3v) is 4.67. The van der Waals surface area contributed by atoms with Crippen LogP contribution in [0.5, 0.6) is 0 Å². The number of aldehydes is 1. The highest BCUT2D eigenvalue weighted by atomic mass is 79.9. The fourth-order valence-corrected chi connectivity index (χ4v) is 3.32. The van der Waals surface area contributed by atoms with Gasteiger partial charge in [-0.2, -0.15) is 0 Å². The van der Waals surface area contributed by atoms with Crippen molar-refractivity contribution in [1.29, 1.82) is 0 Å². The number of halogens is 1. The summed E-state index contributed by atoms with van der Waals surface area (Å²) in [6.07, 6.45) is 4.72. The highest BCUT2D eigenvalue weighted by Gasteiger charge is 2.20. The molecular weight excluding hydrogens is 302 g/mol. The molecule has 1 unspecified atom stereocenters. The lowest BCUT2D eigenvalue weighted by atomic mass is 9.89. The van der Waals surface area contributed by atoms with Gasteiger partial charge in [-0.25, -0.2) is 0 Å². The van der Waals surface area contributed by atoms with Crippen molar-refractivity contribution in [3.8, 4) is 0 Å². The van der Waals surface area contributed by atoms with Crippen molar-refractivity contribution in [1.82, 2.24) is 0 Å². The van der Waals surface area contributed by atoms with Crippen LogP contribution in [-0.2, 0) is 0 Å². The van der Waals surface area contributed by atoms with Gasteiger partial charge in [0.15, 0.2) is 6.29 Å². The zero-order chi connectivity index (χ0) is 13.8. The van der Waals surface area contributed by atoms with Gasteiger partial charge >= 0.3 is 0 Å². The number of hydrogen-bond donors (Lipinski definition) is 0. The number of benzene rings is 1. The lowest BCUT2D eigenvalue weighted by molar-refractivity contribution is 0.112. The molecule has 19 heavy (non-hydrogen) atoms. The monoisotopic (exact) mass is 323 g/mol. The number of carbonyl (C=O) groups excluding carboxylic acids is 1. The first kappa shape index (κ1) is 14.6. The molecule has 0 aliphatic carbocycles. The number of nitrogens with zero attached hydrogens (tertiary/aromatic N) is 1. The molecule has 0 amide bonds. The molecule has 0 spiro atoms. The molecule has 0 N–H and O–H groups in total. The standard InChI is InChI=1S/C16H22BrNO/c1-12(2)13-4-3-8-18(9-7-13)16-6-5-15(17)10-14(16)11-19/h5-6,10-13H,3-4,7-9H2,1-2H3. The van der Waals surface area contributed by atoms with Crippen molar-refractivity contribution in [3.63, 3.8) is 0 Å². The molecule has 1 aromatic carbocycles. The van der Waals surface area contributed by atoms with Gasteiger partial charge in [0.1, 0.15) is 0 Å². The Kier molecular flexibility index (Phi) is 5.03. The molecule has 104 valence electrons. The second-order valence-electron chi connectivity index (χ2n) is 5.74. The third kappa shape index (κ3) is 3.59. The Morgan fingerprint density at radius 3 is 2.79 bits per heavy atom. The first-order valence-electron chi connectivity index (χ1n) is 7.11. The van der Waals surface area contributed by atoms with Gasteiger partial charge in [0, 0.05) is 28.8 Å². The molecule has 1 aliphatic rings. The van der Waals surface area contributed by atoms with Gasteiger partial charge in [-0.05, 0) is 49.3 Å². The third-order valence-electron chi connectivity index (χ3n) is 4.17. The Hall–Kier alpha value is -0.830. The van der Waals surface area contributed by atoms with Gasteiger partial charge in [-0.3, -0.25) is 4.79 Å². The van der Waals surface area contributed by atoms with Crippen molar-refractivity contribution in [2.24, 2.45) is 11.8 Å². The molecular formula is C16H22BrNO. The van der Waals surface area contributed by atoms with Gasteiger partial charge in [-0.15, -0.1) is 0 Å². The molecule has 0 bridgehead atoms. The fourth-order valence-electron chi connectivity index (χ4n) is 2.94. The molecule has 1 heterocycles. The van der Waals surface area contributed by atoms with Crippen molar-refractivity contribution in [2.45, 2.75) is 33.1 Å². The van der Waals surface area contributed by atoms with Crippen LogP contribution in [0, 0.1) is 11.8 Å². The summed E-state index contributed by atoms with van der Waals surface area (Å²) in [6.45, 7) is 6.75. The average molecular weight is 324 g/mol. The van der Waals surface area contributed by atoms with E-state index in [2.05, 4.69) is 40.7 Å². The van der Waals surface area contributed by atoms with Gasteiger partial charge in [0.2, 0.25) is 0 Å². The van der Waals surface area contributed by atoms with Crippen molar-refractivity contribution >= 4 is 27.9 Å². The van der Waals surface area contributed by atoms with E-state index in [4.69, 9.17) is 0 Å². The van der Waals surface area contributed by atoms with Crippen molar-refractivity contribution < 1.29 is 4.79 Å². The summed E-state index contributed by atoms with van der Waals surface area (Å²) in [4.78, 5) is 13.6. The largest absolute Gasteiger partial charge is 0.371 e. The van der Waals surface area contributed by atoms with Crippen LogP contribution in [-0.4, -0.2) is 19.4 Å². The SMILES string of the molecule is CC(C)C1CCCN(c2ccc(Br)cc2C=O)CC1. The predicted molar refractivity (Wildman–Crippen MR) is 83.9 cm³/mol. The fraction of sp³-hybridized carbons (Fsp3) is 0.562. The van der Waals surface area contributed by atoms with Crippen LogP contribution in [0.3, 0.4) is 0 Å². The first-order chi connectivity index (χ1) is 9.11. The summed E-state index contributed by atoms with van der Waals surface area (Å²) in [5.41, 5.74) is 1.87. The van der Waals surface area contributed by atoms with Crippen LogP contribution in [0.25, 0.3) is 0 Å². The Labute approximate surface area is 124 Å². The maximum absolute atomic E-state index is 11.2. The minimum atomic E-state index is 0.760. The zero-order valence-corrected chi connectivity index (χ0v) is 13.3. The molecule has 1 saturated heterocycles. The second kappa shape index (κ2) is 6.56. The molecule has 1 aliphatic heterocycles. The maximum atomic E-state index is 11.2. The number of rotatable bonds is 3. The van der Waals surface area contributed by atoms with E-state index in [1.807, 2.05) is 12.1 Å². The predicted octanol–water partition coefficient (Wildman–Crippen LogP) is 4.52. The summed E-state index contributed by atoms with van der Waals surface area (Å²) >= 11 is 3.43. The van der Waals surface area contributed by atoms with E-state index in [9.17, 15) is 4.79 Å². The van der Waals surface area contributed by atoms with Crippen LogP contribution in [0.4, 0.5) is 5.69 Å². The summed E-state index contributed by atoms with van der Waals surface area (Å²) in [7, 11) is 0. The van der Waals surface area contributed by atoms with Gasteiger partial charge < -0.3 is 4.90 Å². The summed E-state index contributed by atoms with van der Waals surface area (Å²) in [6, 6.07) is 5.99. The summed E-state index contributed by atoms with van der Waals surface area (Å²) in [5.74, 6) is 1.58. The Morgan fingerprint density at radius 2 is 2.11 bits per heavy atom. The number of hydrogen-bond acceptors (Lipinski definition) is 2. The van der Waals surface area contributed by atoms with E-state index in [1.165, 1.54) is 19.3 Å². The lowest BCUT2D eigenvalue weighted by Gasteiger charge is -2.25. The summed E-state index contributed by atoms with van der Waals surface area (Å²) in [5, 5.41) is 0. The smallest absolute Gasteiger partial charge is 0.152 e. The normalized spacial score (nSPS) is 20.4. The molecule has 2 nitrogen and oxygen atoms in total. The Bertz CT molecular complexity index is 444. The molecule has 0 saturated carbocycles. The first-order valence-corrected chi connectivity index (χ1v) is 7.90. The highest BCUT2D eigenvalue weighted by molar-refractivity contribution is 9.10. The quantitative estimate of drug-likeness (QED) is 0.762. The van der Waals surface area contributed by atoms with E-state index < -0.39 is 0 Å². The minimum Gasteiger partial charge on any atom is -0.371 e. The van der Waals surface area contributed by atoms with Gasteiger partial charge in [0.25, 0.3) is 0 Å². The molecule has 3 heteroatoms. The Morgan fingerprint density at radius 1 is 1.32 bits per heavy atom. The van der Waals surface area contributed by atoms with E-state index in [0.29, 0.717) is 0 Å². The second-order valence-corrected chi connectivity index (χ2v) is 6.66. The summed E-state index contributed by atoms with van der Waals surface area (Å²) < 4.78 is 0.966. The molecule has 1 aromatic rings. The minimum absolute atomic E-state index is 0.760. The molecule has 0 radical (unpaired) electrons. The van der Waals surface area contributed by atoms with E-state index in [-0.39, 0.29) is 0 Å². The van der Waals surface area contributed by atoms with E-state index in [1.54, 1.807) is 0 Å². The van der Waals surface area contributed by atoms with Crippen LogP contribution in [0.2, 0.25) is 0 Å². The van der Waals surface area contributed by atoms with Crippen LogP contribution in [0.1, 0.15) is 43.5 Å². The number of anilines is 1. The van der Waals surface area contributed by atoms with Gasteiger partial charge in [0.05, 0.1) is 0 Å². The maximum Gasteiger partial charge on any atom is 0.152 e. The molecule has 1 atom stereocenters. The average Bonchev–Trinajstić information content (AvgIpc) is 2.64. The Balaban J connectivity index is 2.16. The topological polar surface area (TPSA) is 20.3 Å². The van der Waals surface area contributed by atoms with Crippen molar-refractivity contribution in [2.75, 3.05) is 18.0 Å². The molecule has 2 rings (SSSR count). The van der Waals surface area contributed by atoms with E-state index in [0.717, 1.165) is 46.9 Å². The zero-order valence-electron chi connectivity index (χ0n) is 11.7. The van der Waals surface area contributed by atoms with Crippen LogP contribution >= 0.6 is 15.9 Å². The molecule has 1 fully saturated rings. The number of carbonyl (C=O) groups is 1. The lowest BCUT2D eigenvalue weighted by Crippen LogP contribution is -2.25.